The maximum Gasteiger partial charge on any atom is 0.270 e. The minimum atomic E-state index is -0.140. The zero-order valence-electron chi connectivity index (χ0n) is 15.0. The molecule has 1 saturated heterocycles. The SMILES string of the molecule is CCCCN(C)c1cc(C(=O)NCCN2CCOCC2)nc(C)n1. The minimum Gasteiger partial charge on any atom is -0.379 e. The fourth-order valence-electron chi connectivity index (χ4n) is 2.62. The Morgan fingerprint density at radius 1 is 1.38 bits per heavy atom. The number of nitrogens with one attached hydrogen (secondary N) is 1. The maximum absolute atomic E-state index is 12.4. The van der Waals surface area contributed by atoms with Gasteiger partial charge in [-0.1, -0.05) is 13.3 Å². The van der Waals surface area contributed by atoms with Crippen molar-refractivity contribution < 1.29 is 9.53 Å². The molecule has 1 aromatic heterocycles. The second-order valence-corrected chi connectivity index (χ2v) is 6.14. The van der Waals surface area contributed by atoms with Gasteiger partial charge in [0, 0.05) is 45.8 Å². The lowest BCUT2D eigenvalue weighted by Gasteiger charge is -2.26. The van der Waals surface area contributed by atoms with Crippen molar-refractivity contribution >= 4 is 11.7 Å². The number of morpholine rings is 1. The molecule has 0 spiro atoms. The molecule has 1 aromatic rings. The highest BCUT2D eigenvalue weighted by Gasteiger charge is 2.14. The van der Waals surface area contributed by atoms with Crippen molar-refractivity contribution in [2.24, 2.45) is 0 Å². The second-order valence-electron chi connectivity index (χ2n) is 6.14. The Morgan fingerprint density at radius 3 is 2.83 bits per heavy atom. The predicted octanol–water partition coefficient (Wildman–Crippen LogP) is 1.08. The van der Waals surface area contributed by atoms with Gasteiger partial charge in [0.2, 0.25) is 0 Å². The number of carbonyl (C=O) groups excluding carboxylic acids is 1. The van der Waals surface area contributed by atoms with E-state index < -0.39 is 0 Å². The van der Waals surface area contributed by atoms with Crippen LogP contribution >= 0.6 is 0 Å². The molecule has 1 amide bonds. The largest absolute Gasteiger partial charge is 0.379 e. The second kappa shape index (κ2) is 9.54. The number of rotatable bonds is 8. The number of ether oxygens (including phenoxy) is 1. The van der Waals surface area contributed by atoms with Crippen molar-refractivity contribution in [1.29, 1.82) is 0 Å². The van der Waals surface area contributed by atoms with Gasteiger partial charge in [-0.15, -0.1) is 0 Å². The van der Waals surface area contributed by atoms with Gasteiger partial charge in [-0.2, -0.15) is 0 Å². The fourth-order valence-corrected chi connectivity index (χ4v) is 2.62. The topological polar surface area (TPSA) is 70.6 Å². The average Bonchev–Trinajstić information content (AvgIpc) is 2.60. The standard InChI is InChI=1S/C17H29N5O2/c1-4-5-7-21(3)16-13-15(19-14(2)20-16)17(23)18-6-8-22-9-11-24-12-10-22/h13H,4-12H2,1-3H3,(H,18,23). The summed E-state index contributed by atoms with van der Waals surface area (Å²) >= 11 is 0. The number of nitrogens with zero attached hydrogens (tertiary/aromatic N) is 4. The number of aryl methyl sites for hydroxylation is 1. The highest BCUT2D eigenvalue weighted by Crippen LogP contribution is 2.12. The summed E-state index contributed by atoms with van der Waals surface area (Å²) in [7, 11) is 2.00. The summed E-state index contributed by atoms with van der Waals surface area (Å²) in [5.41, 5.74) is 0.433. The number of amides is 1. The van der Waals surface area contributed by atoms with Crippen LogP contribution in [0.2, 0.25) is 0 Å². The van der Waals surface area contributed by atoms with Crippen molar-refractivity contribution in [3.8, 4) is 0 Å². The van der Waals surface area contributed by atoms with Gasteiger partial charge < -0.3 is 15.0 Å². The Kier molecular flexibility index (Phi) is 7.39. The van der Waals surface area contributed by atoms with E-state index in [1.807, 2.05) is 14.0 Å². The third kappa shape index (κ3) is 5.72. The van der Waals surface area contributed by atoms with Crippen LogP contribution in [0.1, 0.15) is 36.1 Å². The summed E-state index contributed by atoms with van der Waals surface area (Å²) in [5, 5.41) is 2.95. The highest BCUT2D eigenvalue weighted by molar-refractivity contribution is 5.92. The molecule has 2 heterocycles. The van der Waals surface area contributed by atoms with E-state index in [0.717, 1.165) is 58.1 Å². The minimum absolute atomic E-state index is 0.140. The van der Waals surface area contributed by atoms with E-state index in [1.54, 1.807) is 6.07 Å². The number of hydrogen-bond acceptors (Lipinski definition) is 6. The lowest BCUT2D eigenvalue weighted by Crippen LogP contribution is -2.41. The first-order valence-electron chi connectivity index (χ1n) is 8.75. The van der Waals surface area contributed by atoms with Crippen molar-refractivity contribution in [2.45, 2.75) is 26.7 Å². The van der Waals surface area contributed by atoms with Gasteiger partial charge in [0.05, 0.1) is 13.2 Å². The third-order valence-corrected chi connectivity index (χ3v) is 4.11. The molecule has 1 aliphatic heterocycles. The van der Waals surface area contributed by atoms with Gasteiger partial charge in [0.15, 0.2) is 0 Å². The van der Waals surface area contributed by atoms with E-state index in [-0.39, 0.29) is 5.91 Å². The molecule has 0 bridgehead atoms. The zero-order chi connectivity index (χ0) is 17.4. The number of hydrogen-bond donors (Lipinski definition) is 1. The first-order valence-corrected chi connectivity index (χ1v) is 8.75. The molecule has 1 aliphatic rings. The van der Waals surface area contributed by atoms with Gasteiger partial charge in [-0.3, -0.25) is 9.69 Å². The Hall–Kier alpha value is -1.73. The van der Waals surface area contributed by atoms with E-state index in [1.165, 1.54) is 0 Å². The van der Waals surface area contributed by atoms with Crippen LogP contribution in [-0.2, 0) is 4.74 Å². The Morgan fingerprint density at radius 2 is 2.12 bits per heavy atom. The molecule has 7 nitrogen and oxygen atoms in total. The summed E-state index contributed by atoms with van der Waals surface area (Å²) in [6, 6.07) is 1.77. The van der Waals surface area contributed by atoms with Crippen LogP contribution in [0.25, 0.3) is 0 Å². The van der Waals surface area contributed by atoms with Crippen molar-refractivity contribution in [3.05, 3.63) is 17.6 Å². The molecule has 7 heteroatoms. The van der Waals surface area contributed by atoms with Crippen LogP contribution in [0.3, 0.4) is 0 Å². The zero-order valence-corrected chi connectivity index (χ0v) is 15.0. The van der Waals surface area contributed by atoms with Crippen molar-refractivity contribution in [3.63, 3.8) is 0 Å². The van der Waals surface area contributed by atoms with Crippen LogP contribution in [0.4, 0.5) is 5.82 Å². The van der Waals surface area contributed by atoms with Gasteiger partial charge in [-0.25, -0.2) is 9.97 Å². The summed E-state index contributed by atoms with van der Waals surface area (Å²) in [5.74, 6) is 1.28. The third-order valence-electron chi connectivity index (χ3n) is 4.11. The summed E-state index contributed by atoms with van der Waals surface area (Å²) in [6.45, 7) is 9.74. The van der Waals surface area contributed by atoms with Crippen LogP contribution in [0.5, 0.6) is 0 Å². The van der Waals surface area contributed by atoms with E-state index in [2.05, 4.69) is 32.0 Å². The van der Waals surface area contributed by atoms with E-state index in [4.69, 9.17) is 4.74 Å². The van der Waals surface area contributed by atoms with Gasteiger partial charge >= 0.3 is 0 Å². The Bertz CT molecular complexity index is 532. The van der Waals surface area contributed by atoms with Gasteiger partial charge in [-0.05, 0) is 13.3 Å². The number of unbranched alkanes of at least 4 members (excludes halogenated alkanes) is 1. The van der Waals surface area contributed by atoms with Gasteiger partial charge in [0.1, 0.15) is 17.3 Å². The fraction of sp³-hybridized carbons (Fsp3) is 0.706. The molecule has 0 aliphatic carbocycles. The molecule has 134 valence electrons. The lowest BCUT2D eigenvalue weighted by atomic mass is 10.3. The Labute approximate surface area is 144 Å². The average molecular weight is 335 g/mol. The van der Waals surface area contributed by atoms with Crippen LogP contribution in [0.15, 0.2) is 6.07 Å². The lowest BCUT2D eigenvalue weighted by molar-refractivity contribution is 0.0383. The Balaban J connectivity index is 1.89. The summed E-state index contributed by atoms with van der Waals surface area (Å²) in [4.78, 5) is 25.4. The van der Waals surface area contributed by atoms with Crippen LogP contribution in [0, 0.1) is 6.92 Å². The smallest absolute Gasteiger partial charge is 0.270 e. The van der Waals surface area contributed by atoms with Gasteiger partial charge in [0.25, 0.3) is 5.91 Å². The molecule has 0 unspecified atom stereocenters. The van der Waals surface area contributed by atoms with Crippen molar-refractivity contribution in [2.75, 3.05) is 57.9 Å². The highest BCUT2D eigenvalue weighted by atomic mass is 16.5. The molecule has 1 fully saturated rings. The molecular formula is C17H29N5O2. The molecule has 0 radical (unpaired) electrons. The van der Waals surface area contributed by atoms with Crippen molar-refractivity contribution in [1.82, 2.24) is 20.2 Å². The maximum atomic E-state index is 12.4. The monoisotopic (exact) mass is 335 g/mol. The molecule has 0 saturated carbocycles. The van der Waals surface area contributed by atoms with E-state index >= 15 is 0 Å². The summed E-state index contributed by atoms with van der Waals surface area (Å²) < 4.78 is 5.32. The molecule has 2 rings (SSSR count). The van der Waals surface area contributed by atoms with Crippen LogP contribution in [-0.4, -0.2) is 73.8 Å². The number of carbonyl (C=O) groups is 1. The molecular weight excluding hydrogens is 306 g/mol. The van der Waals surface area contributed by atoms with Crippen LogP contribution < -0.4 is 10.2 Å². The number of aromatic nitrogens is 2. The van der Waals surface area contributed by atoms with E-state index in [9.17, 15) is 4.79 Å². The summed E-state index contributed by atoms with van der Waals surface area (Å²) in [6.07, 6.45) is 2.23. The predicted molar refractivity (Wildman–Crippen MR) is 94.5 cm³/mol. The molecule has 0 aromatic carbocycles. The first-order chi connectivity index (χ1) is 11.6. The quantitative estimate of drug-likeness (QED) is 0.767. The molecule has 1 N–H and O–H groups in total. The normalized spacial score (nSPS) is 15.3. The number of anilines is 1. The van der Waals surface area contributed by atoms with E-state index in [0.29, 0.717) is 18.1 Å². The molecule has 0 atom stereocenters. The molecule has 24 heavy (non-hydrogen) atoms. The first kappa shape index (κ1) is 18.6.